The molecule has 2 unspecified atom stereocenters. The third-order valence-corrected chi connectivity index (χ3v) is 2.81. The molecule has 0 spiro atoms. The van der Waals surface area contributed by atoms with Gasteiger partial charge in [0.1, 0.15) is 6.04 Å². The second-order valence-electron chi connectivity index (χ2n) is 4.01. The van der Waals surface area contributed by atoms with Crippen LogP contribution in [0.5, 0.6) is 0 Å². The van der Waals surface area contributed by atoms with Gasteiger partial charge in [-0.25, -0.2) is 0 Å². The molecule has 1 aliphatic heterocycles. The van der Waals surface area contributed by atoms with Crippen LogP contribution in [0.1, 0.15) is 13.8 Å². The van der Waals surface area contributed by atoms with Crippen molar-refractivity contribution in [3.63, 3.8) is 0 Å². The van der Waals surface area contributed by atoms with Gasteiger partial charge in [0.15, 0.2) is 0 Å². The van der Waals surface area contributed by atoms with E-state index in [1.807, 2.05) is 13.8 Å². The third kappa shape index (κ3) is 3.73. The van der Waals surface area contributed by atoms with E-state index in [4.69, 9.17) is 9.47 Å². The molecule has 16 heavy (non-hydrogen) atoms. The lowest BCUT2D eigenvalue weighted by Crippen LogP contribution is -2.56. The van der Waals surface area contributed by atoms with Crippen LogP contribution >= 0.6 is 0 Å². The lowest BCUT2D eigenvalue weighted by molar-refractivity contribution is -0.150. The van der Waals surface area contributed by atoms with Crippen LogP contribution < -0.4 is 5.32 Å². The second-order valence-corrected chi connectivity index (χ2v) is 4.01. The lowest BCUT2D eigenvalue weighted by atomic mass is 10.1. The zero-order valence-corrected chi connectivity index (χ0v) is 10.4. The quantitative estimate of drug-likeness (QED) is 0.666. The molecule has 1 N–H and O–H groups in total. The number of nitrogens with one attached hydrogen (secondary N) is 1. The first-order valence-corrected chi connectivity index (χ1v) is 5.83. The Labute approximate surface area is 97.1 Å². The van der Waals surface area contributed by atoms with Gasteiger partial charge < -0.3 is 14.8 Å². The maximum Gasteiger partial charge on any atom is 0.324 e. The van der Waals surface area contributed by atoms with Crippen molar-refractivity contribution >= 4 is 5.97 Å². The van der Waals surface area contributed by atoms with Gasteiger partial charge in [-0.15, -0.1) is 0 Å². The molecule has 0 amide bonds. The van der Waals surface area contributed by atoms with Crippen molar-refractivity contribution < 1.29 is 14.3 Å². The summed E-state index contributed by atoms with van der Waals surface area (Å²) in [6, 6.07) is -0.175. The van der Waals surface area contributed by atoms with Crippen LogP contribution in [0, 0.1) is 0 Å². The van der Waals surface area contributed by atoms with E-state index in [1.54, 1.807) is 7.11 Å². The largest absolute Gasteiger partial charge is 0.465 e. The predicted octanol–water partition coefficient (Wildman–Crippen LogP) is -0.142. The highest BCUT2D eigenvalue weighted by Crippen LogP contribution is 2.07. The number of ether oxygens (including phenoxy) is 2. The van der Waals surface area contributed by atoms with Gasteiger partial charge in [0.05, 0.1) is 12.7 Å². The highest BCUT2D eigenvalue weighted by Gasteiger charge is 2.30. The molecule has 0 aromatic heterocycles. The van der Waals surface area contributed by atoms with Gasteiger partial charge in [0.25, 0.3) is 0 Å². The summed E-state index contributed by atoms with van der Waals surface area (Å²) in [4.78, 5) is 13.9. The Kier molecular flexibility index (Phi) is 5.73. The van der Waals surface area contributed by atoms with E-state index in [9.17, 15) is 4.79 Å². The normalized spacial score (nSPS) is 24.1. The topological polar surface area (TPSA) is 50.8 Å². The van der Waals surface area contributed by atoms with Gasteiger partial charge in [-0.1, -0.05) is 0 Å². The van der Waals surface area contributed by atoms with Crippen LogP contribution in [0.25, 0.3) is 0 Å². The van der Waals surface area contributed by atoms with Crippen LogP contribution in [0.4, 0.5) is 0 Å². The molecule has 1 heterocycles. The molecule has 5 heteroatoms. The fourth-order valence-electron chi connectivity index (χ4n) is 1.84. The van der Waals surface area contributed by atoms with E-state index < -0.39 is 0 Å². The zero-order valence-electron chi connectivity index (χ0n) is 10.4. The molecule has 2 atom stereocenters. The van der Waals surface area contributed by atoms with Crippen molar-refractivity contribution in [1.82, 2.24) is 10.2 Å². The third-order valence-electron chi connectivity index (χ3n) is 2.81. The molecule has 0 saturated carbocycles. The molecule has 1 aliphatic rings. The van der Waals surface area contributed by atoms with Gasteiger partial charge in [0.2, 0.25) is 0 Å². The van der Waals surface area contributed by atoms with Gasteiger partial charge in [-0.3, -0.25) is 9.69 Å². The summed E-state index contributed by atoms with van der Waals surface area (Å²) in [5, 5.41) is 3.21. The number of hydrogen-bond donors (Lipinski definition) is 1. The van der Waals surface area contributed by atoms with E-state index in [0.717, 1.165) is 19.6 Å². The van der Waals surface area contributed by atoms with Crippen molar-refractivity contribution in [3.05, 3.63) is 0 Å². The molecule has 1 fully saturated rings. The number of nitrogens with zero attached hydrogens (tertiary/aromatic N) is 1. The Morgan fingerprint density at radius 1 is 1.62 bits per heavy atom. The standard InChI is InChI=1S/C11H22N2O3/c1-4-16-11(14)10-7-12-5-6-13(10)8-9(2)15-3/h9-10,12H,4-8H2,1-3H3. The van der Waals surface area contributed by atoms with Gasteiger partial charge >= 0.3 is 5.97 Å². The van der Waals surface area contributed by atoms with Crippen LogP contribution in [0.3, 0.4) is 0 Å². The van der Waals surface area contributed by atoms with Gasteiger partial charge in [-0.2, -0.15) is 0 Å². The van der Waals surface area contributed by atoms with Crippen LogP contribution in [-0.4, -0.2) is 62.9 Å². The number of carbonyl (C=O) groups excluding carboxylic acids is 1. The van der Waals surface area contributed by atoms with Crippen molar-refractivity contribution in [2.24, 2.45) is 0 Å². The first kappa shape index (κ1) is 13.4. The minimum Gasteiger partial charge on any atom is -0.465 e. The minimum atomic E-state index is -0.175. The van der Waals surface area contributed by atoms with Crippen molar-refractivity contribution in [2.45, 2.75) is 26.0 Å². The second kappa shape index (κ2) is 6.83. The molecule has 0 aromatic rings. The van der Waals surface area contributed by atoms with Crippen LogP contribution in [-0.2, 0) is 14.3 Å². The molecule has 0 radical (unpaired) electrons. The Morgan fingerprint density at radius 3 is 3.00 bits per heavy atom. The maximum atomic E-state index is 11.7. The Hall–Kier alpha value is -0.650. The van der Waals surface area contributed by atoms with E-state index >= 15 is 0 Å². The first-order valence-electron chi connectivity index (χ1n) is 5.83. The number of esters is 1. The summed E-state index contributed by atoms with van der Waals surface area (Å²) in [6.07, 6.45) is 0.134. The summed E-state index contributed by atoms with van der Waals surface area (Å²) >= 11 is 0. The number of methoxy groups -OCH3 is 1. The highest BCUT2D eigenvalue weighted by atomic mass is 16.5. The van der Waals surface area contributed by atoms with E-state index in [0.29, 0.717) is 13.2 Å². The first-order chi connectivity index (χ1) is 7.69. The molecular weight excluding hydrogens is 208 g/mol. The molecule has 0 aliphatic carbocycles. The monoisotopic (exact) mass is 230 g/mol. The minimum absolute atomic E-state index is 0.134. The summed E-state index contributed by atoms with van der Waals surface area (Å²) < 4.78 is 10.3. The number of hydrogen-bond acceptors (Lipinski definition) is 5. The number of rotatable bonds is 5. The zero-order chi connectivity index (χ0) is 12.0. The highest BCUT2D eigenvalue weighted by molar-refractivity contribution is 5.76. The average molecular weight is 230 g/mol. The SMILES string of the molecule is CCOC(=O)C1CNCCN1CC(C)OC. The summed E-state index contributed by atoms with van der Waals surface area (Å²) in [6.45, 7) is 7.46. The fourth-order valence-corrected chi connectivity index (χ4v) is 1.84. The van der Waals surface area contributed by atoms with Gasteiger partial charge in [0, 0.05) is 33.3 Å². The lowest BCUT2D eigenvalue weighted by Gasteiger charge is -2.35. The van der Waals surface area contributed by atoms with Crippen molar-refractivity contribution in [2.75, 3.05) is 39.9 Å². The van der Waals surface area contributed by atoms with Gasteiger partial charge in [-0.05, 0) is 13.8 Å². The summed E-state index contributed by atoms with van der Waals surface area (Å²) in [5.41, 5.74) is 0. The van der Waals surface area contributed by atoms with E-state index in [1.165, 1.54) is 0 Å². The molecule has 1 saturated heterocycles. The summed E-state index contributed by atoms with van der Waals surface area (Å²) in [7, 11) is 1.69. The van der Waals surface area contributed by atoms with Crippen LogP contribution in [0.15, 0.2) is 0 Å². The Bertz CT molecular complexity index is 223. The van der Waals surface area contributed by atoms with Crippen molar-refractivity contribution in [3.8, 4) is 0 Å². The molecule has 0 aromatic carbocycles. The average Bonchev–Trinajstić information content (AvgIpc) is 2.30. The smallest absolute Gasteiger partial charge is 0.324 e. The van der Waals surface area contributed by atoms with Crippen LogP contribution in [0.2, 0.25) is 0 Å². The van der Waals surface area contributed by atoms with E-state index in [-0.39, 0.29) is 18.1 Å². The predicted molar refractivity (Wildman–Crippen MR) is 61.3 cm³/mol. The Balaban J connectivity index is 2.52. The molecule has 94 valence electrons. The number of piperazine rings is 1. The van der Waals surface area contributed by atoms with Crippen molar-refractivity contribution in [1.29, 1.82) is 0 Å². The molecular formula is C11H22N2O3. The molecule has 5 nitrogen and oxygen atoms in total. The van der Waals surface area contributed by atoms with E-state index in [2.05, 4.69) is 10.2 Å². The maximum absolute atomic E-state index is 11.7. The Morgan fingerprint density at radius 2 is 2.38 bits per heavy atom. The molecule has 0 bridgehead atoms. The number of carbonyl (C=O) groups is 1. The summed E-state index contributed by atoms with van der Waals surface area (Å²) in [5.74, 6) is -0.141. The molecule has 1 rings (SSSR count). The fraction of sp³-hybridized carbons (Fsp3) is 0.909.